The van der Waals surface area contributed by atoms with Crippen LogP contribution in [-0.4, -0.2) is 18.4 Å². The summed E-state index contributed by atoms with van der Waals surface area (Å²) in [5, 5.41) is 0.309. The average Bonchev–Trinajstić information content (AvgIpc) is 2.49. The molecule has 0 aliphatic heterocycles. The summed E-state index contributed by atoms with van der Waals surface area (Å²) in [5.74, 6) is -0.120. The van der Waals surface area contributed by atoms with E-state index in [1.54, 1.807) is 48.5 Å². The number of carbonyl (C=O) groups excluding carboxylic acids is 1. The van der Waals surface area contributed by atoms with E-state index in [0.29, 0.717) is 21.2 Å². The second-order valence-electron chi connectivity index (χ2n) is 3.94. The Morgan fingerprint density at radius 3 is 2.55 bits per heavy atom. The lowest BCUT2D eigenvalue weighted by Crippen LogP contribution is -2.11. The van der Waals surface area contributed by atoms with Crippen LogP contribution in [0.2, 0.25) is 5.02 Å². The quantitative estimate of drug-likeness (QED) is 0.595. The van der Waals surface area contributed by atoms with Crippen LogP contribution in [0.3, 0.4) is 0 Å². The summed E-state index contributed by atoms with van der Waals surface area (Å²) >= 11 is 6.85. The molecule has 0 saturated carbocycles. The van der Waals surface area contributed by atoms with Crippen molar-refractivity contribution >= 4 is 29.1 Å². The first-order valence-electron chi connectivity index (χ1n) is 5.86. The zero-order valence-electron chi connectivity index (χ0n) is 10.7. The number of halogens is 2. The van der Waals surface area contributed by atoms with Gasteiger partial charge in [0.1, 0.15) is 5.75 Å². The Morgan fingerprint density at radius 1 is 1.20 bits per heavy atom. The summed E-state index contributed by atoms with van der Waals surface area (Å²) in [6.45, 7) is 0. The zero-order chi connectivity index (χ0) is 14.5. The number of methoxy groups -OCH3 is 1. The summed E-state index contributed by atoms with van der Waals surface area (Å²) in [6.07, 6.45) is 0. The maximum atomic E-state index is 14.1. The van der Waals surface area contributed by atoms with Crippen LogP contribution in [0.5, 0.6) is 5.75 Å². The van der Waals surface area contributed by atoms with E-state index in [2.05, 4.69) is 0 Å². The maximum Gasteiger partial charge on any atom is 0.213 e. The fourth-order valence-corrected chi connectivity index (χ4v) is 2.80. The lowest BCUT2D eigenvalue weighted by atomic mass is 10.1. The molecule has 0 aliphatic rings. The molecule has 0 bridgehead atoms. The second kappa shape index (κ2) is 6.77. The van der Waals surface area contributed by atoms with Crippen molar-refractivity contribution in [1.29, 1.82) is 0 Å². The molecule has 0 amide bonds. The molecule has 0 aromatic heterocycles. The van der Waals surface area contributed by atoms with Crippen molar-refractivity contribution in [3.63, 3.8) is 0 Å². The molecule has 1 atom stereocenters. The molecule has 5 heteroatoms. The SMILES string of the molecule is COc1cccc(SC(F)C(=O)c2ccccc2)c1Cl. The minimum absolute atomic E-state index is 0.309. The Labute approximate surface area is 125 Å². The molecule has 20 heavy (non-hydrogen) atoms. The first-order valence-corrected chi connectivity index (χ1v) is 7.11. The molecule has 0 saturated heterocycles. The highest BCUT2D eigenvalue weighted by Crippen LogP contribution is 2.37. The highest BCUT2D eigenvalue weighted by atomic mass is 35.5. The Hall–Kier alpha value is -1.52. The third-order valence-corrected chi connectivity index (χ3v) is 4.16. The number of benzene rings is 2. The fourth-order valence-electron chi connectivity index (χ4n) is 1.64. The van der Waals surface area contributed by atoms with E-state index in [-0.39, 0.29) is 0 Å². The number of thioether (sulfide) groups is 1. The lowest BCUT2D eigenvalue weighted by molar-refractivity contribution is 0.0939. The minimum Gasteiger partial charge on any atom is -0.495 e. The molecular formula is C15H12ClFO2S. The van der Waals surface area contributed by atoms with Crippen LogP contribution in [0, 0.1) is 0 Å². The number of alkyl halides is 1. The summed E-state index contributed by atoms with van der Waals surface area (Å²) < 4.78 is 19.2. The molecule has 0 heterocycles. The molecule has 2 aromatic carbocycles. The highest BCUT2D eigenvalue weighted by molar-refractivity contribution is 8.00. The average molecular weight is 311 g/mol. The molecule has 104 valence electrons. The normalized spacial score (nSPS) is 11.9. The molecule has 2 nitrogen and oxygen atoms in total. The molecular weight excluding hydrogens is 299 g/mol. The highest BCUT2D eigenvalue weighted by Gasteiger charge is 2.22. The summed E-state index contributed by atoms with van der Waals surface area (Å²) in [5.41, 5.74) is -1.37. The molecule has 0 aliphatic carbocycles. The smallest absolute Gasteiger partial charge is 0.213 e. The van der Waals surface area contributed by atoms with Crippen LogP contribution >= 0.6 is 23.4 Å². The molecule has 0 spiro atoms. The predicted molar refractivity (Wildman–Crippen MR) is 79.5 cm³/mol. The van der Waals surface area contributed by atoms with Gasteiger partial charge in [-0.05, 0) is 12.1 Å². The summed E-state index contributed by atoms with van der Waals surface area (Å²) in [6, 6.07) is 13.4. The van der Waals surface area contributed by atoms with Crippen molar-refractivity contribution in [2.75, 3.05) is 7.11 Å². The van der Waals surface area contributed by atoms with E-state index in [1.165, 1.54) is 7.11 Å². The largest absolute Gasteiger partial charge is 0.495 e. The number of hydrogen-bond donors (Lipinski definition) is 0. The first-order chi connectivity index (χ1) is 9.63. The lowest BCUT2D eigenvalue weighted by Gasteiger charge is -2.10. The van der Waals surface area contributed by atoms with Gasteiger partial charge in [-0.15, -0.1) is 0 Å². The van der Waals surface area contributed by atoms with Crippen LogP contribution in [-0.2, 0) is 0 Å². The van der Waals surface area contributed by atoms with Crippen LogP contribution in [0.25, 0.3) is 0 Å². The van der Waals surface area contributed by atoms with Gasteiger partial charge >= 0.3 is 0 Å². The van der Waals surface area contributed by atoms with Gasteiger partial charge in [-0.3, -0.25) is 4.79 Å². The maximum absolute atomic E-state index is 14.1. The van der Waals surface area contributed by atoms with E-state index in [4.69, 9.17) is 16.3 Å². The van der Waals surface area contributed by atoms with Gasteiger partial charge in [0.25, 0.3) is 0 Å². The molecule has 2 rings (SSSR count). The number of carbonyl (C=O) groups is 1. The topological polar surface area (TPSA) is 26.3 Å². The van der Waals surface area contributed by atoms with Gasteiger partial charge in [-0.25, -0.2) is 4.39 Å². The van der Waals surface area contributed by atoms with Crippen molar-refractivity contribution in [1.82, 2.24) is 0 Å². The van der Waals surface area contributed by atoms with Crippen molar-refractivity contribution in [3.05, 3.63) is 59.1 Å². The van der Waals surface area contributed by atoms with Crippen molar-refractivity contribution in [2.45, 2.75) is 10.4 Å². The summed E-state index contributed by atoms with van der Waals surface area (Å²) in [7, 11) is 1.48. The second-order valence-corrected chi connectivity index (χ2v) is 5.40. The third kappa shape index (κ3) is 3.32. The van der Waals surface area contributed by atoms with Gasteiger partial charge in [-0.1, -0.05) is 59.8 Å². The fraction of sp³-hybridized carbons (Fsp3) is 0.133. The Balaban J connectivity index is 2.16. The van der Waals surface area contributed by atoms with Gasteiger partial charge in [0.05, 0.1) is 12.1 Å². The number of hydrogen-bond acceptors (Lipinski definition) is 3. The Morgan fingerprint density at radius 2 is 1.90 bits per heavy atom. The van der Waals surface area contributed by atoms with Crippen molar-refractivity contribution < 1.29 is 13.9 Å². The van der Waals surface area contributed by atoms with Crippen molar-refractivity contribution in [2.24, 2.45) is 0 Å². The van der Waals surface area contributed by atoms with E-state index in [0.717, 1.165) is 11.8 Å². The van der Waals surface area contributed by atoms with Crippen molar-refractivity contribution in [3.8, 4) is 5.75 Å². The number of rotatable bonds is 5. The van der Waals surface area contributed by atoms with E-state index >= 15 is 0 Å². The van der Waals surface area contributed by atoms with Gasteiger partial charge in [0, 0.05) is 10.5 Å². The minimum atomic E-state index is -1.71. The molecule has 1 unspecified atom stereocenters. The standard InChI is InChI=1S/C15H12ClFO2S/c1-19-11-8-5-9-12(13(11)16)20-15(17)14(18)10-6-3-2-4-7-10/h2-9,15H,1H3. The molecule has 0 fully saturated rings. The molecule has 0 N–H and O–H groups in total. The van der Waals surface area contributed by atoms with E-state index in [9.17, 15) is 9.18 Å². The molecule has 0 radical (unpaired) electrons. The van der Waals surface area contributed by atoms with Gasteiger partial charge in [0.15, 0.2) is 0 Å². The number of Topliss-reactive ketones (excluding diaryl/α,β-unsaturated/α-hetero) is 1. The third-order valence-electron chi connectivity index (χ3n) is 2.64. The first kappa shape index (κ1) is 14.9. The zero-order valence-corrected chi connectivity index (χ0v) is 12.2. The van der Waals surface area contributed by atoms with Crippen LogP contribution < -0.4 is 4.74 Å². The number of ketones is 1. The van der Waals surface area contributed by atoms with Gasteiger partial charge in [0.2, 0.25) is 11.3 Å². The summed E-state index contributed by atoms with van der Waals surface area (Å²) in [4.78, 5) is 12.4. The number of ether oxygens (including phenoxy) is 1. The monoisotopic (exact) mass is 310 g/mol. The molecule has 2 aromatic rings. The van der Waals surface area contributed by atoms with E-state index < -0.39 is 11.3 Å². The predicted octanol–water partition coefficient (Wildman–Crippen LogP) is 4.62. The van der Waals surface area contributed by atoms with Crippen LogP contribution in [0.4, 0.5) is 4.39 Å². The van der Waals surface area contributed by atoms with Crippen LogP contribution in [0.1, 0.15) is 10.4 Å². The Bertz CT molecular complexity index is 604. The van der Waals surface area contributed by atoms with Crippen LogP contribution in [0.15, 0.2) is 53.4 Å². The Kier molecular flexibility index (Phi) is 5.04. The van der Waals surface area contributed by atoms with Gasteiger partial charge in [-0.2, -0.15) is 0 Å². The van der Waals surface area contributed by atoms with E-state index in [1.807, 2.05) is 0 Å². The van der Waals surface area contributed by atoms with Gasteiger partial charge < -0.3 is 4.74 Å².